The number of hydrogen-bond acceptors (Lipinski definition) is 5. The fourth-order valence-electron chi connectivity index (χ4n) is 1.95. The van der Waals surface area contributed by atoms with Crippen LogP contribution in [0.5, 0.6) is 5.75 Å². The van der Waals surface area contributed by atoms with Crippen molar-refractivity contribution in [3.8, 4) is 5.75 Å². The molecule has 0 bridgehead atoms. The number of aliphatic hydroxyl groups is 1. The highest BCUT2D eigenvalue weighted by Gasteiger charge is 2.30. The molecule has 132 valence electrons. The van der Waals surface area contributed by atoms with Crippen molar-refractivity contribution in [3.05, 3.63) is 58.4 Å². The predicted octanol–water partition coefficient (Wildman–Crippen LogP) is 2.37. The van der Waals surface area contributed by atoms with Crippen molar-refractivity contribution in [1.29, 1.82) is 0 Å². The maximum Gasteiger partial charge on any atom is 0.416 e. The molecule has 6 nitrogen and oxygen atoms in total. The average molecular weight is 353 g/mol. The molecule has 0 radical (unpaired) electrons. The van der Waals surface area contributed by atoms with Crippen LogP contribution in [0.15, 0.2) is 35.6 Å². The highest BCUT2D eigenvalue weighted by Crippen LogP contribution is 2.29. The van der Waals surface area contributed by atoms with Gasteiger partial charge >= 0.3 is 6.18 Å². The highest BCUT2D eigenvalue weighted by atomic mass is 19.4. The van der Waals surface area contributed by atoms with E-state index in [1.54, 1.807) is 6.92 Å². The number of nitrogens with zero attached hydrogens (tertiary/aromatic N) is 2. The van der Waals surface area contributed by atoms with Gasteiger partial charge in [0.1, 0.15) is 5.75 Å². The molecular weight excluding hydrogens is 339 g/mol. The number of rotatable bonds is 4. The van der Waals surface area contributed by atoms with E-state index in [0.29, 0.717) is 11.3 Å². The quantitative estimate of drug-likeness (QED) is 0.581. The fourth-order valence-corrected chi connectivity index (χ4v) is 1.95. The number of carbonyl (C=O) groups excluding carboxylic acids is 1. The van der Waals surface area contributed by atoms with Crippen LogP contribution in [-0.4, -0.2) is 27.3 Å². The molecule has 1 aromatic carbocycles. The summed E-state index contributed by atoms with van der Waals surface area (Å²) in [4.78, 5) is 15.7. The number of nitrogens with one attached hydrogen (secondary N) is 1. The lowest BCUT2D eigenvalue weighted by molar-refractivity contribution is -0.137. The van der Waals surface area contributed by atoms with Crippen LogP contribution in [0.25, 0.3) is 0 Å². The summed E-state index contributed by atoms with van der Waals surface area (Å²) in [7, 11) is 0. The zero-order valence-electron chi connectivity index (χ0n) is 13.0. The molecule has 0 aliphatic heterocycles. The van der Waals surface area contributed by atoms with Crippen molar-refractivity contribution in [2.75, 3.05) is 0 Å². The standard InChI is InChI=1S/C16H14F3N3O3/c1-9-14(24)13(11(8-23)6-20-9)7-21-22-15(25)10-2-4-12(5-3-10)16(17,18)19/h2-7,23-24H,8H2,1H3,(H,22,25). The largest absolute Gasteiger partial charge is 0.505 e. The second-order valence-electron chi connectivity index (χ2n) is 5.06. The van der Waals surface area contributed by atoms with Crippen LogP contribution in [0.1, 0.15) is 32.7 Å². The summed E-state index contributed by atoms with van der Waals surface area (Å²) < 4.78 is 37.4. The summed E-state index contributed by atoms with van der Waals surface area (Å²) in [5.74, 6) is -0.917. The Morgan fingerprint density at radius 1 is 1.32 bits per heavy atom. The van der Waals surface area contributed by atoms with Crippen molar-refractivity contribution in [2.24, 2.45) is 5.10 Å². The minimum absolute atomic E-state index is 0.0114. The van der Waals surface area contributed by atoms with Crippen LogP contribution in [0, 0.1) is 6.92 Å². The van der Waals surface area contributed by atoms with E-state index in [2.05, 4.69) is 15.5 Å². The van der Waals surface area contributed by atoms with E-state index in [1.807, 2.05) is 0 Å². The molecule has 2 aromatic rings. The first-order valence-electron chi connectivity index (χ1n) is 7.03. The smallest absolute Gasteiger partial charge is 0.416 e. The third-order valence-electron chi connectivity index (χ3n) is 3.36. The lowest BCUT2D eigenvalue weighted by Crippen LogP contribution is -2.18. The summed E-state index contributed by atoms with van der Waals surface area (Å²) in [5.41, 5.74) is 2.06. The van der Waals surface area contributed by atoms with Gasteiger partial charge in [-0.3, -0.25) is 9.78 Å². The summed E-state index contributed by atoms with van der Waals surface area (Å²) in [6.45, 7) is 1.16. The molecule has 1 heterocycles. The van der Waals surface area contributed by atoms with Gasteiger partial charge in [0.25, 0.3) is 5.91 Å². The third kappa shape index (κ3) is 4.32. The van der Waals surface area contributed by atoms with Crippen molar-refractivity contribution in [3.63, 3.8) is 0 Å². The summed E-state index contributed by atoms with van der Waals surface area (Å²) in [6.07, 6.45) is -2.00. The topological polar surface area (TPSA) is 94.8 Å². The molecular formula is C16H14F3N3O3. The minimum atomic E-state index is -4.48. The van der Waals surface area contributed by atoms with Crippen LogP contribution in [0.4, 0.5) is 13.2 Å². The zero-order chi connectivity index (χ0) is 18.6. The van der Waals surface area contributed by atoms with Gasteiger partial charge in [-0.05, 0) is 31.2 Å². The lowest BCUT2D eigenvalue weighted by atomic mass is 10.1. The number of aryl methyl sites for hydroxylation is 1. The monoisotopic (exact) mass is 353 g/mol. The molecule has 0 spiro atoms. The summed E-state index contributed by atoms with van der Waals surface area (Å²) >= 11 is 0. The first-order chi connectivity index (χ1) is 11.7. The number of carbonyl (C=O) groups is 1. The van der Waals surface area contributed by atoms with E-state index in [0.717, 1.165) is 30.5 Å². The Hall–Kier alpha value is -2.94. The molecule has 9 heteroatoms. The molecule has 0 aliphatic rings. The Bertz CT molecular complexity index is 803. The maximum absolute atomic E-state index is 12.5. The molecule has 1 aromatic heterocycles. The third-order valence-corrected chi connectivity index (χ3v) is 3.36. The first-order valence-corrected chi connectivity index (χ1v) is 7.03. The average Bonchev–Trinajstić information content (AvgIpc) is 2.58. The van der Waals surface area contributed by atoms with Gasteiger partial charge in [0.05, 0.1) is 24.1 Å². The van der Waals surface area contributed by atoms with E-state index in [-0.39, 0.29) is 16.9 Å². The summed E-state index contributed by atoms with van der Waals surface area (Å²) in [6, 6.07) is 3.64. The second-order valence-corrected chi connectivity index (χ2v) is 5.06. The van der Waals surface area contributed by atoms with Crippen LogP contribution in [0.2, 0.25) is 0 Å². The molecule has 0 saturated carbocycles. The number of hydrazone groups is 1. The van der Waals surface area contributed by atoms with Crippen molar-refractivity contribution in [1.82, 2.24) is 10.4 Å². The lowest BCUT2D eigenvalue weighted by Gasteiger charge is -2.08. The van der Waals surface area contributed by atoms with Gasteiger partial charge in [0.15, 0.2) is 0 Å². The number of aromatic nitrogens is 1. The normalized spacial score (nSPS) is 11.7. The SMILES string of the molecule is Cc1ncc(CO)c(C=NNC(=O)c2ccc(C(F)(F)F)cc2)c1O. The molecule has 1 amide bonds. The molecule has 0 atom stereocenters. The number of alkyl halides is 3. The van der Waals surface area contributed by atoms with Crippen LogP contribution >= 0.6 is 0 Å². The van der Waals surface area contributed by atoms with Gasteiger partial charge in [-0.25, -0.2) is 5.43 Å². The van der Waals surface area contributed by atoms with E-state index >= 15 is 0 Å². The van der Waals surface area contributed by atoms with E-state index in [9.17, 15) is 28.2 Å². The van der Waals surface area contributed by atoms with Crippen LogP contribution in [-0.2, 0) is 12.8 Å². The Kier molecular flexibility index (Phi) is 5.38. The zero-order valence-corrected chi connectivity index (χ0v) is 13.0. The molecule has 3 N–H and O–H groups in total. The second kappa shape index (κ2) is 7.31. The number of aromatic hydroxyl groups is 1. The number of pyridine rings is 1. The number of halogens is 3. The number of amides is 1. The molecule has 0 fully saturated rings. The maximum atomic E-state index is 12.5. The van der Waals surface area contributed by atoms with Gasteiger partial charge in [-0.1, -0.05) is 0 Å². The number of benzene rings is 1. The molecule has 0 saturated heterocycles. The van der Waals surface area contributed by atoms with Crippen LogP contribution < -0.4 is 5.43 Å². The molecule has 0 aliphatic carbocycles. The van der Waals surface area contributed by atoms with E-state index in [1.165, 1.54) is 6.20 Å². The summed E-state index contributed by atoms with van der Waals surface area (Å²) in [5, 5.41) is 22.8. The van der Waals surface area contributed by atoms with Gasteiger partial charge in [-0.15, -0.1) is 0 Å². The molecule has 25 heavy (non-hydrogen) atoms. The van der Waals surface area contributed by atoms with Gasteiger partial charge in [-0.2, -0.15) is 18.3 Å². The van der Waals surface area contributed by atoms with Crippen molar-refractivity contribution >= 4 is 12.1 Å². The van der Waals surface area contributed by atoms with Crippen molar-refractivity contribution < 1.29 is 28.2 Å². The number of hydrogen-bond donors (Lipinski definition) is 3. The van der Waals surface area contributed by atoms with Gasteiger partial charge < -0.3 is 10.2 Å². The Morgan fingerprint density at radius 2 is 1.96 bits per heavy atom. The molecule has 2 rings (SSSR count). The Morgan fingerprint density at radius 3 is 2.52 bits per heavy atom. The Labute approximate surface area is 140 Å². The van der Waals surface area contributed by atoms with Crippen LogP contribution in [0.3, 0.4) is 0 Å². The predicted molar refractivity (Wildman–Crippen MR) is 83.1 cm³/mol. The highest BCUT2D eigenvalue weighted by molar-refractivity contribution is 5.95. The fraction of sp³-hybridized carbons (Fsp3) is 0.188. The van der Waals surface area contributed by atoms with Gasteiger partial charge in [0, 0.05) is 22.9 Å². The Balaban J connectivity index is 2.12. The van der Waals surface area contributed by atoms with Crippen molar-refractivity contribution in [2.45, 2.75) is 19.7 Å². The minimum Gasteiger partial charge on any atom is -0.505 e. The number of aliphatic hydroxyl groups excluding tert-OH is 1. The first kappa shape index (κ1) is 18.4. The van der Waals surface area contributed by atoms with E-state index < -0.39 is 24.3 Å². The van der Waals surface area contributed by atoms with E-state index in [4.69, 9.17) is 0 Å². The van der Waals surface area contributed by atoms with Gasteiger partial charge in [0.2, 0.25) is 0 Å². The molecule has 0 unspecified atom stereocenters.